The van der Waals surface area contributed by atoms with Crippen LogP contribution in [-0.2, 0) is 16.6 Å². The van der Waals surface area contributed by atoms with Crippen LogP contribution in [0.5, 0.6) is 0 Å². The molecule has 106 valence electrons. The molecule has 0 radical (unpaired) electrons. The highest BCUT2D eigenvalue weighted by atomic mass is 35.5. The standard InChI is InChI=1S/C13H10Cl2FNO2S/c14-10-5-3-6-11(15)13(10)20(18,19)17-8-9-4-1-2-7-12(9)16/h1-7,17H,8H2. The summed E-state index contributed by atoms with van der Waals surface area (Å²) in [4.78, 5) is -0.209. The summed E-state index contributed by atoms with van der Waals surface area (Å²) in [5.41, 5.74) is 0.235. The summed E-state index contributed by atoms with van der Waals surface area (Å²) >= 11 is 11.7. The molecule has 0 atom stereocenters. The van der Waals surface area contributed by atoms with Crippen LogP contribution in [-0.4, -0.2) is 8.42 Å². The lowest BCUT2D eigenvalue weighted by atomic mass is 10.2. The number of nitrogens with one attached hydrogen (secondary N) is 1. The maximum atomic E-state index is 13.4. The second-order valence-electron chi connectivity index (χ2n) is 3.97. The Morgan fingerprint density at radius 3 is 2.20 bits per heavy atom. The van der Waals surface area contributed by atoms with Crippen molar-refractivity contribution in [3.05, 3.63) is 63.9 Å². The van der Waals surface area contributed by atoms with Crippen molar-refractivity contribution < 1.29 is 12.8 Å². The molecule has 2 aromatic rings. The van der Waals surface area contributed by atoms with Crippen LogP contribution in [0.3, 0.4) is 0 Å². The smallest absolute Gasteiger partial charge is 0.207 e. The van der Waals surface area contributed by atoms with Gasteiger partial charge in [-0.15, -0.1) is 0 Å². The first-order valence-electron chi connectivity index (χ1n) is 5.59. The second-order valence-corrected chi connectivity index (χ2v) is 6.48. The van der Waals surface area contributed by atoms with Crippen LogP contribution in [0.2, 0.25) is 10.0 Å². The molecular weight excluding hydrogens is 324 g/mol. The van der Waals surface area contributed by atoms with Crippen molar-refractivity contribution >= 4 is 33.2 Å². The average molecular weight is 334 g/mol. The number of benzene rings is 2. The van der Waals surface area contributed by atoms with Gasteiger partial charge in [0, 0.05) is 12.1 Å². The third-order valence-corrected chi connectivity index (χ3v) is 4.95. The molecular formula is C13H10Cl2FNO2S. The third kappa shape index (κ3) is 3.30. The fraction of sp³-hybridized carbons (Fsp3) is 0.0769. The van der Waals surface area contributed by atoms with Gasteiger partial charge >= 0.3 is 0 Å². The molecule has 0 saturated carbocycles. The molecule has 2 aromatic carbocycles. The van der Waals surface area contributed by atoms with Crippen LogP contribution in [0, 0.1) is 5.82 Å². The SMILES string of the molecule is O=S(=O)(NCc1ccccc1F)c1c(Cl)cccc1Cl. The van der Waals surface area contributed by atoms with Crippen LogP contribution in [0.1, 0.15) is 5.56 Å². The molecule has 7 heteroatoms. The molecule has 2 rings (SSSR count). The highest BCUT2D eigenvalue weighted by Gasteiger charge is 2.21. The minimum atomic E-state index is -3.92. The van der Waals surface area contributed by atoms with E-state index >= 15 is 0 Å². The van der Waals surface area contributed by atoms with Crippen LogP contribution in [0.25, 0.3) is 0 Å². The number of rotatable bonds is 4. The number of hydrogen-bond acceptors (Lipinski definition) is 2. The van der Waals surface area contributed by atoms with Crippen molar-refractivity contribution in [3.63, 3.8) is 0 Å². The summed E-state index contributed by atoms with van der Waals surface area (Å²) in [6.07, 6.45) is 0. The van der Waals surface area contributed by atoms with Crippen LogP contribution >= 0.6 is 23.2 Å². The van der Waals surface area contributed by atoms with E-state index in [1.54, 1.807) is 12.1 Å². The molecule has 1 N–H and O–H groups in total. The Labute approximate surface area is 126 Å². The predicted molar refractivity (Wildman–Crippen MR) is 76.9 cm³/mol. The van der Waals surface area contributed by atoms with Crippen molar-refractivity contribution in [1.29, 1.82) is 0 Å². The van der Waals surface area contributed by atoms with E-state index < -0.39 is 15.8 Å². The Morgan fingerprint density at radius 2 is 1.60 bits per heavy atom. The van der Waals surface area contributed by atoms with Gasteiger partial charge in [-0.3, -0.25) is 0 Å². The van der Waals surface area contributed by atoms with Crippen molar-refractivity contribution in [2.24, 2.45) is 0 Å². The molecule has 0 aliphatic rings. The van der Waals surface area contributed by atoms with E-state index in [2.05, 4.69) is 4.72 Å². The first kappa shape index (κ1) is 15.3. The summed E-state index contributed by atoms with van der Waals surface area (Å²) in [7, 11) is -3.92. The molecule has 0 spiro atoms. The summed E-state index contributed by atoms with van der Waals surface area (Å²) < 4.78 is 40.0. The molecule has 0 saturated heterocycles. The largest absolute Gasteiger partial charge is 0.243 e. The number of hydrogen-bond donors (Lipinski definition) is 1. The maximum absolute atomic E-state index is 13.4. The summed E-state index contributed by atoms with van der Waals surface area (Å²) in [6, 6.07) is 10.3. The molecule has 0 fully saturated rings. The van der Waals surface area contributed by atoms with Gasteiger partial charge in [-0.1, -0.05) is 47.5 Å². The fourth-order valence-corrected chi connectivity index (χ4v) is 3.77. The predicted octanol–water partition coefficient (Wildman–Crippen LogP) is 3.61. The Bertz CT molecular complexity index is 715. The monoisotopic (exact) mass is 333 g/mol. The van der Waals surface area contributed by atoms with Gasteiger partial charge in [-0.05, 0) is 18.2 Å². The van der Waals surface area contributed by atoms with E-state index in [1.165, 1.54) is 30.3 Å². The molecule has 0 unspecified atom stereocenters. The van der Waals surface area contributed by atoms with E-state index in [0.717, 1.165) is 0 Å². The Kier molecular flexibility index (Phi) is 4.65. The quantitative estimate of drug-likeness (QED) is 0.928. The number of halogens is 3. The maximum Gasteiger partial charge on any atom is 0.243 e. The summed E-state index contributed by atoms with van der Waals surface area (Å²) in [5.74, 6) is -0.486. The van der Waals surface area contributed by atoms with Crippen LogP contribution < -0.4 is 4.72 Å². The first-order chi connectivity index (χ1) is 9.42. The van der Waals surface area contributed by atoms with Crippen LogP contribution in [0.4, 0.5) is 4.39 Å². The second kappa shape index (κ2) is 6.10. The molecule has 3 nitrogen and oxygen atoms in total. The van der Waals surface area contributed by atoms with Gasteiger partial charge in [0.15, 0.2) is 0 Å². The first-order valence-corrected chi connectivity index (χ1v) is 7.83. The van der Waals surface area contributed by atoms with Gasteiger partial charge in [-0.2, -0.15) is 0 Å². The highest BCUT2D eigenvalue weighted by Crippen LogP contribution is 2.28. The topological polar surface area (TPSA) is 46.2 Å². The van der Waals surface area contributed by atoms with Crippen molar-refractivity contribution in [1.82, 2.24) is 4.72 Å². The molecule has 0 aliphatic carbocycles. The third-order valence-electron chi connectivity index (χ3n) is 2.60. The molecule has 0 aliphatic heterocycles. The average Bonchev–Trinajstić information content (AvgIpc) is 2.37. The zero-order valence-electron chi connectivity index (χ0n) is 10.1. The normalized spacial score (nSPS) is 11.6. The number of sulfonamides is 1. The molecule has 0 bridgehead atoms. The van der Waals surface area contributed by atoms with Gasteiger partial charge in [0.1, 0.15) is 10.7 Å². The van der Waals surface area contributed by atoms with Crippen molar-refractivity contribution in [2.75, 3.05) is 0 Å². The molecule has 0 amide bonds. The van der Waals surface area contributed by atoms with Gasteiger partial charge in [0.05, 0.1) is 10.0 Å². The van der Waals surface area contributed by atoms with E-state index in [1.807, 2.05) is 0 Å². The molecule has 0 heterocycles. The zero-order chi connectivity index (χ0) is 14.8. The molecule has 20 heavy (non-hydrogen) atoms. The lowest BCUT2D eigenvalue weighted by molar-refractivity contribution is 0.574. The summed E-state index contributed by atoms with van der Waals surface area (Å²) in [6.45, 7) is -0.184. The Hall–Kier alpha value is -1.14. The van der Waals surface area contributed by atoms with Crippen molar-refractivity contribution in [3.8, 4) is 0 Å². The minimum absolute atomic E-state index is 0.0125. The minimum Gasteiger partial charge on any atom is -0.207 e. The van der Waals surface area contributed by atoms with E-state index in [0.29, 0.717) is 0 Å². The van der Waals surface area contributed by atoms with Gasteiger partial charge < -0.3 is 0 Å². The van der Waals surface area contributed by atoms with Gasteiger partial charge in [-0.25, -0.2) is 17.5 Å². The van der Waals surface area contributed by atoms with E-state index in [9.17, 15) is 12.8 Å². The summed E-state index contributed by atoms with van der Waals surface area (Å²) in [5, 5.41) is 0.0251. The van der Waals surface area contributed by atoms with E-state index in [4.69, 9.17) is 23.2 Å². The van der Waals surface area contributed by atoms with Gasteiger partial charge in [0.2, 0.25) is 10.0 Å². The fourth-order valence-electron chi connectivity index (χ4n) is 1.63. The van der Waals surface area contributed by atoms with Gasteiger partial charge in [0.25, 0.3) is 0 Å². The Balaban J connectivity index is 2.27. The lowest BCUT2D eigenvalue weighted by Crippen LogP contribution is -2.24. The highest BCUT2D eigenvalue weighted by molar-refractivity contribution is 7.89. The van der Waals surface area contributed by atoms with E-state index in [-0.39, 0.29) is 27.0 Å². The lowest BCUT2D eigenvalue weighted by Gasteiger charge is -2.10. The molecule has 0 aromatic heterocycles. The zero-order valence-corrected chi connectivity index (χ0v) is 12.4. The Morgan fingerprint density at radius 1 is 1.00 bits per heavy atom. The van der Waals surface area contributed by atoms with Crippen molar-refractivity contribution in [2.45, 2.75) is 11.4 Å². The van der Waals surface area contributed by atoms with Crippen LogP contribution in [0.15, 0.2) is 47.4 Å².